The van der Waals surface area contributed by atoms with Gasteiger partial charge in [-0.1, -0.05) is 36.4 Å². The zero-order valence-electron chi connectivity index (χ0n) is 26.8. The first-order valence-electron chi connectivity index (χ1n) is 16.6. The second kappa shape index (κ2) is 11.0. The summed E-state index contributed by atoms with van der Waals surface area (Å²) in [7, 11) is 0. The fraction of sp³-hybridized carbons (Fsp3) is 0.143. The number of phenolic OH excluding ortho intramolecular Hbond substituents is 8. The number of rotatable bonds is 4. The van der Waals surface area contributed by atoms with Gasteiger partial charge in [0.1, 0.15) is 57.8 Å². The lowest BCUT2D eigenvalue weighted by Gasteiger charge is -2.24. The van der Waals surface area contributed by atoms with E-state index in [1.165, 1.54) is 24.3 Å². The highest BCUT2D eigenvalue weighted by atomic mass is 16.5. The minimum Gasteiger partial charge on any atom is -0.508 e. The topological polar surface area (TPSA) is 171 Å². The molecule has 9 rings (SSSR count). The predicted octanol–water partition coefficient (Wildman–Crippen LogP) is 7.76. The smallest absolute Gasteiger partial charge is 0.135 e. The van der Waals surface area contributed by atoms with Gasteiger partial charge in [-0.25, -0.2) is 0 Å². The SMILES string of the molecule is Oc1ccc([C@@H]2c3c(O)cc(O)cc3[C@@H]3[C@H](c4ccc(O)cc4)c4c(cc5c(c4O)[C@@H](c4cc(O)cc(O)c4)[C@@H](c4ccc(O)cc4)O5)[C@H]23)cc1. The van der Waals surface area contributed by atoms with Crippen molar-refractivity contribution in [2.75, 3.05) is 0 Å². The van der Waals surface area contributed by atoms with Crippen molar-refractivity contribution in [2.45, 2.75) is 35.7 Å². The average molecular weight is 681 g/mol. The summed E-state index contributed by atoms with van der Waals surface area (Å²) in [5.41, 5.74) is 6.00. The normalized spacial score (nSPS) is 22.5. The molecule has 6 aromatic carbocycles. The first-order valence-corrected chi connectivity index (χ1v) is 16.6. The van der Waals surface area contributed by atoms with E-state index >= 15 is 0 Å². The molecule has 3 aliphatic rings. The molecule has 1 heterocycles. The van der Waals surface area contributed by atoms with Crippen molar-refractivity contribution in [1.29, 1.82) is 0 Å². The molecule has 6 atom stereocenters. The van der Waals surface area contributed by atoms with Gasteiger partial charge in [0, 0.05) is 52.5 Å². The number of phenols is 8. The van der Waals surface area contributed by atoms with E-state index in [4.69, 9.17) is 4.74 Å². The van der Waals surface area contributed by atoms with E-state index in [-0.39, 0.29) is 57.8 Å². The van der Waals surface area contributed by atoms with Gasteiger partial charge in [0.25, 0.3) is 0 Å². The fourth-order valence-corrected chi connectivity index (χ4v) is 9.01. The number of hydrogen-bond donors (Lipinski definition) is 8. The molecule has 0 unspecified atom stereocenters. The van der Waals surface area contributed by atoms with Crippen LogP contribution in [-0.2, 0) is 0 Å². The Morgan fingerprint density at radius 2 is 0.843 bits per heavy atom. The van der Waals surface area contributed by atoms with Crippen molar-refractivity contribution < 1.29 is 45.6 Å². The molecule has 254 valence electrons. The van der Waals surface area contributed by atoms with Gasteiger partial charge in [-0.3, -0.25) is 0 Å². The van der Waals surface area contributed by atoms with Crippen molar-refractivity contribution in [3.63, 3.8) is 0 Å². The van der Waals surface area contributed by atoms with Crippen LogP contribution in [0.1, 0.15) is 85.8 Å². The van der Waals surface area contributed by atoms with Crippen molar-refractivity contribution in [3.8, 4) is 51.7 Å². The number of benzene rings is 6. The second-order valence-corrected chi connectivity index (χ2v) is 13.7. The Kier molecular flexibility index (Phi) is 6.60. The van der Waals surface area contributed by atoms with E-state index in [2.05, 4.69) is 0 Å². The highest BCUT2D eigenvalue weighted by Crippen LogP contribution is 2.71. The highest BCUT2D eigenvalue weighted by molar-refractivity contribution is 5.72. The molecule has 0 saturated carbocycles. The average Bonchev–Trinajstić information content (AvgIpc) is 3.74. The van der Waals surface area contributed by atoms with E-state index in [9.17, 15) is 40.9 Å². The molecule has 6 aromatic rings. The summed E-state index contributed by atoms with van der Waals surface area (Å²) in [6.07, 6.45) is -0.715. The van der Waals surface area contributed by atoms with Gasteiger partial charge < -0.3 is 45.6 Å². The van der Waals surface area contributed by atoms with Crippen LogP contribution in [0, 0.1) is 0 Å². The second-order valence-electron chi connectivity index (χ2n) is 13.7. The summed E-state index contributed by atoms with van der Waals surface area (Å²) in [6, 6.07) is 29.3. The van der Waals surface area contributed by atoms with Gasteiger partial charge in [0.2, 0.25) is 0 Å². The van der Waals surface area contributed by atoms with Crippen molar-refractivity contribution in [2.24, 2.45) is 0 Å². The molecule has 0 spiro atoms. The molecule has 1 aliphatic heterocycles. The van der Waals surface area contributed by atoms with E-state index in [0.29, 0.717) is 39.1 Å². The first kappa shape index (κ1) is 30.6. The van der Waals surface area contributed by atoms with Crippen LogP contribution in [-0.4, -0.2) is 40.9 Å². The zero-order chi connectivity index (χ0) is 35.3. The minimum atomic E-state index is -0.715. The van der Waals surface area contributed by atoms with Gasteiger partial charge in [0.15, 0.2) is 0 Å². The van der Waals surface area contributed by atoms with E-state index in [0.717, 1.165) is 16.7 Å². The Labute approximate surface area is 291 Å². The van der Waals surface area contributed by atoms with E-state index < -0.39 is 23.9 Å². The maximum absolute atomic E-state index is 12.7. The van der Waals surface area contributed by atoms with Gasteiger partial charge in [-0.05, 0) is 94.0 Å². The molecule has 0 aromatic heterocycles. The number of aromatic hydroxyl groups is 8. The zero-order valence-corrected chi connectivity index (χ0v) is 26.8. The highest BCUT2D eigenvalue weighted by Gasteiger charge is 2.56. The summed E-state index contributed by atoms with van der Waals surface area (Å²) >= 11 is 0. The number of fused-ring (bicyclic) bond motifs is 6. The molecule has 0 saturated heterocycles. The van der Waals surface area contributed by atoms with Gasteiger partial charge in [-0.15, -0.1) is 0 Å². The van der Waals surface area contributed by atoms with Crippen molar-refractivity contribution in [3.05, 3.63) is 159 Å². The third-order valence-electron chi connectivity index (χ3n) is 10.9. The van der Waals surface area contributed by atoms with Gasteiger partial charge >= 0.3 is 0 Å². The predicted molar refractivity (Wildman–Crippen MR) is 186 cm³/mol. The molecule has 51 heavy (non-hydrogen) atoms. The Bertz CT molecular complexity index is 2330. The molecule has 0 amide bonds. The molecule has 0 fully saturated rings. The van der Waals surface area contributed by atoms with Crippen LogP contribution in [0.5, 0.6) is 51.7 Å². The molecule has 8 N–H and O–H groups in total. The standard InChI is InChI=1S/C42H32O9/c43-23-7-1-19(2-8-23)33-36-29(16-28(48)17-31(36)49)37-34(20-3-9-24(44)10-4-20)39-30(38(33)37)18-32-40(41(39)50)35(22-13-26(46)15-27(47)14-22)42(51-32)21-5-11-25(45)12-6-21/h1-18,33-35,37-38,42-50H/t33-,34+,35-,37-,38-,42-/m1/s1. The maximum atomic E-state index is 12.7. The van der Waals surface area contributed by atoms with Crippen LogP contribution in [0.3, 0.4) is 0 Å². The van der Waals surface area contributed by atoms with Gasteiger partial charge in [-0.2, -0.15) is 0 Å². The summed E-state index contributed by atoms with van der Waals surface area (Å²) < 4.78 is 6.71. The van der Waals surface area contributed by atoms with Crippen LogP contribution in [0.4, 0.5) is 0 Å². The molecule has 0 radical (unpaired) electrons. The minimum absolute atomic E-state index is 0.0283. The monoisotopic (exact) mass is 680 g/mol. The third-order valence-corrected chi connectivity index (χ3v) is 10.9. The molecular weight excluding hydrogens is 648 g/mol. The lowest BCUT2D eigenvalue weighted by molar-refractivity contribution is 0.221. The third kappa shape index (κ3) is 4.61. The first-order chi connectivity index (χ1) is 24.6. The van der Waals surface area contributed by atoms with Crippen LogP contribution >= 0.6 is 0 Å². The summed E-state index contributed by atoms with van der Waals surface area (Å²) in [4.78, 5) is 0. The molecule has 9 heteroatoms. The number of ether oxygens (including phenoxy) is 1. The van der Waals surface area contributed by atoms with E-state index in [1.54, 1.807) is 78.9 Å². The lowest BCUT2D eigenvalue weighted by Crippen LogP contribution is -2.12. The van der Waals surface area contributed by atoms with Crippen LogP contribution < -0.4 is 4.74 Å². The van der Waals surface area contributed by atoms with E-state index in [1.807, 2.05) is 6.07 Å². The Balaban J connectivity index is 1.33. The Morgan fingerprint density at radius 3 is 1.39 bits per heavy atom. The van der Waals surface area contributed by atoms with Crippen molar-refractivity contribution >= 4 is 0 Å². The summed E-state index contributed by atoms with van der Waals surface area (Å²) in [5.74, 6) is -2.30. The molecular formula is C42H32O9. The Hall–Kier alpha value is -6.48. The van der Waals surface area contributed by atoms with Crippen LogP contribution in [0.25, 0.3) is 0 Å². The van der Waals surface area contributed by atoms with Gasteiger partial charge in [0.05, 0.1) is 5.92 Å². The number of hydrogen-bond acceptors (Lipinski definition) is 9. The fourth-order valence-electron chi connectivity index (χ4n) is 9.01. The quantitative estimate of drug-likeness (QED) is 0.0927. The largest absolute Gasteiger partial charge is 0.508 e. The summed E-state index contributed by atoms with van der Waals surface area (Å²) in [6.45, 7) is 0. The lowest BCUT2D eigenvalue weighted by atomic mass is 9.79. The Morgan fingerprint density at radius 1 is 0.373 bits per heavy atom. The van der Waals surface area contributed by atoms with Crippen LogP contribution in [0.15, 0.2) is 109 Å². The molecule has 9 nitrogen and oxygen atoms in total. The maximum Gasteiger partial charge on any atom is 0.135 e. The summed E-state index contributed by atoms with van der Waals surface area (Å²) in [5, 5.41) is 86.5. The van der Waals surface area contributed by atoms with Crippen LogP contribution in [0.2, 0.25) is 0 Å². The molecule has 2 aliphatic carbocycles. The molecule has 0 bridgehead atoms. The van der Waals surface area contributed by atoms with Crippen molar-refractivity contribution in [1.82, 2.24) is 0 Å².